The van der Waals surface area contributed by atoms with Crippen LogP contribution < -0.4 is 4.80 Å². The lowest BCUT2D eigenvalue weighted by atomic mass is 10.1. The summed E-state index contributed by atoms with van der Waals surface area (Å²) in [5.41, 5.74) is 6.00. The van der Waals surface area contributed by atoms with Crippen LogP contribution in [0.25, 0.3) is 11.3 Å². The number of nitrogens with zero attached hydrogens (tertiary/aromatic N) is 4. The van der Waals surface area contributed by atoms with E-state index in [1.54, 1.807) is 11.3 Å². The Morgan fingerprint density at radius 2 is 1.86 bits per heavy atom. The Morgan fingerprint density at radius 3 is 2.64 bits per heavy atom. The Hall–Kier alpha value is -2.92. The molecule has 5 heteroatoms. The van der Waals surface area contributed by atoms with Gasteiger partial charge in [0.05, 0.1) is 17.7 Å². The number of imidazole rings is 1. The van der Waals surface area contributed by atoms with E-state index in [9.17, 15) is 0 Å². The molecule has 0 saturated heterocycles. The van der Waals surface area contributed by atoms with E-state index >= 15 is 0 Å². The van der Waals surface area contributed by atoms with E-state index in [1.165, 1.54) is 22.4 Å². The smallest absolute Gasteiger partial charge is 0.190 e. The lowest BCUT2D eigenvalue weighted by Gasteiger charge is -2.10. The topological polar surface area (TPSA) is 35.1 Å². The van der Waals surface area contributed by atoms with E-state index in [1.807, 2.05) is 18.7 Å². The fourth-order valence-electron chi connectivity index (χ4n) is 3.26. The van der Waals surface area contributed by atoms with Gasteiger partial charge in [0.1, 0.15) is 0 Å². The molecule has 28 heavy (non-hydrogen) atoms. The number of rotatable bonds is 6. The van der Waals surface area contributed by atoms with Gasteiger partial charge in [-0.05, 0) is 43.0 Å². The first-order chi connectivity index (χ1) is 13.7. The number of benzene rings is 2. The molecule has 2 heterocycles. The maximum atomic E-state index is 5.03. The minimum Gasteiger partial charge on any atom is -0.337 e. The summed E-state index contributed by atoms with van der Waals surface area (Å²) in [5, 5.41) is 2.22. The average Bonchev–Trinajstić information content (AvgIpc) is 3.37. The fourth-order valence-corrected chi connectivity index (χ4v) is 4.21. The second-order valence-electron chi connectivity index (χ2n) is 6.91. The van der Waals surface area contributed by atoms with E-state index < -0.39 is 0 Å². The predicted octanol–water partition coefficient (Wildman–Crippen LogP) is 5.35. The zero-order valence-electron chi connectivity index (χ0n) is 16.2. The van der Waals surface area contributed by atoms with E-state index in [-0.39, 0.29) is 0 Å². The Balaban J connectivity index is 1.72. The molecule has 0 aliphatic rings. The normalized spacial score (nSPS) is 11.9. The largest absolute Gasteiger partial charge is 0.337 e. The summed E-state index contributed by atoms with van der Waals surface area (Å²) in [6, 6.07) is 16.9. The van der Waals surface area contributed by atoms with E-state index in [0.717, 1.165) is 30.0 Å². The first kappa shape index (κ1) is 18.4. The maximum Gasteiger partial charge on any atom is 0.190 e. The zero-order chi connectivity index (χ0) is 19.3. The summed E-state index contributed by atoms with van der Waals surface area (Å²) in [6.07, 6.45) is 6.73. The molecule has 0 spiro atoms. The van der Waals surface area contributed by atoms with Crippen LogP contribution in [0.2, 0.25) is 0 Å². The molecule has 0 aliphatic carbocycles. The molecular formula is C23H24N4S. The van der Waals surface area contributed by atoms with Crippen LogP contribution in [0.5, 0.6) is 0 Å². The van der Waals surface area contributed by atoms with Gasteiger partial charge in [-0.15, -0.1) is 11.3 Å². The summed E-state index contributed by atoms with van der Waals surface area (Å²) in [4.78, 5) is 10.2. The molecule has 0 atom stereocenters. The van der Waals surface area contributed by atoms with Crippen molar-refractivity contribution in [2.24, 2.45) is 4.99 Å². The van der Waals surface area contributed by atoms with Crippen molar-refractivity contribution >= 4 is 17.0 Å². The number of thiazole rings is 1. The van der Waals surface area contributed by atoms with E-state index in [0.29, 0.717) is 0 Å². The predicted molar refractivity (Wildman–Crippen MR) is 116 cm³/mol. The zero-order valence-corrected chi connectivity index (χ0v) is 17.1. The van der Waals surface area contributed by atoms with Crippen LogP contribution in [0.1, 0.15) is 17.5 Å². The number of hydrogen-bond acceptors (Lipinski definition) is 3. The second-order valence-corrected chi connectivity index (χ2v) is 7.74. The first-order valence-corrected chi connectivity index (χ1v) is 10.4. The highest BCUT2D eigenvalue weighted by atomic mass is 32.1. The molecule has 0 amide bonds. The third kappa shape index (κ3) is 3.99. The number of aryl methyl sites for hydroxylation is 2. The first-order valence-electron chi connectivity index (χ1n) is 9.53. The van der Waals surface area contributed by atoms with Gasteiger partial charge >= 0.3 is 0 Å². The molecule has 142 valence electrons. The van der Waals surface area contributed by atoms with Gasteiger partial charge in [-0.3, -0.25) is 0 Å². The highest BCUT2D eigenvalue weighted by Gasteiger charge is 2.09. The molecule has 0 fully saturated rings. The Labute approximate surface area is 169 Å². The quantitative estimate of drug-likeness (QED) is 0.438. The number of aromatic nitrogens is 3. The van der Waals surface area contributed by atoms with Crippen LogP contribution in [0.15, 0.2) is 77.6 Å². The van der Waals surface area contributed by atoms with Crippen molar-refractivity contribution in [2.75, 3.05) is 0 Å². The summed E-state index contributed by atoms with van der Waals surface area (Å²) in [5.74, 6) is 0. The minimum atomic E-state index is 0.912. The van der Waals surface area contributed by atoms with Crippen LogP contribution >= 0.6 is 11.3 Å². The van der Waals surface area contributed by atoms with Gasteiger partial charge in [0.2, 0.25) is 0 Å². The van der Waals surface area contributed by atoms with Crippen molar-refractivity contribution in [1.82, 2.24) is 14.1 Å². The third-order valence-electron chi connectivity index (χ3n) is 5.02. The Bertz CT molecular complexity index is 1110. The summed E-state index contributed by atoms with van der Waals surface area (Å²) in [7, 11) is 0. The summed E-state index contributed by atoms with van der Waals surface area (Å²) in [6.45, 7) is 6.14. The molecule has 4 aromatic rings. The SMILES string of the molecule is Cc1cccc(N=c2scc(-c3ccccc3)n2CCCn2ccnc2)c1C. The molecule has 0 N–H and O–H groups in total. The van der Waals surface area contributed by atoms with Crippen molar-refractivity contribution in [1.29, 1.82) is 0 Å². The van der Waals surface area contributed by atoms with E-state index in [2.05, 4.69) is 81.9 Å². The lowest BCUT2D eigenvalue weighted by molar-refractivity contribution is 0.559. The van der Waals surface area contributed by atoms with Crippen LogP contribution in [0.4, 0.5) is 5.69 Å². The number of hydrogen-bond donors (Lipinski definition) is 0. The van der Waals surface area contributed by atoms with Crippen LogP contribution in [-0.4, -0.2) is 14.1 Å². The van der Waals surface area contributed by atoms with Gasteiger partial charge in [0.25, 0.3) is 0 Å². The van der Waals surface area contributed by atoms with Gasteiger partial charge in [-0.25, -0.2) is 9.98 Å². The highest BCUT2D eigenvalue weighted by molar-refractivity contribution is 7.07. The molecular weight excluding hydrogens is 364 g/mol. The minimum absolute atomic E-state index is 0.912. The average molecular weight is 389 g/mol. The van der Waals surface area contributed by atoms with Gasteiger partial charge in [-0.2, -0.15) is 0 Å². The van der Waals surface area contributed by atoms with Crippen LogP contribution in [0.3, 0.4) is 0 Å². The summed E-state index contributed by atoms with van der Waals surface area (Å²) < 4.78 is 4.47. The van der Waals surface area contributed by atoms with Crippen molar-refractivity contribution < 1.29 is 0 Å². The van der Waals surface area contributed by atoms with Crippen molar-refractivity contribution in [2.45, 2.75) is 33.4 Å². The monoisotopic (exact) mass is 388 g/mol. The molecule has 2 aromatic heterocycles. The van der Waals surface area contributed by atoms with Gasteiger partial charge < -0.3 is 9.13 Å². The molecule has 2 aromatic carbocycles. The van der Waals surface area contributed by atoms with Crippen molar-refractivity contribution in [3.63, 3.8) is 0 Å². The maximum absolute atomic E-state index is 5.03. The highest BCUT2D eigenvalue weighted by Crippen LogP contribution is 2.23. The fraction of sp³-hybridized carbons (Fsp3) is 0.217. The molecule has 0 unspecified atom stereocenters. The van der Waals surface area contributed by atoms with Crippen LogP contribution in [0, 0.1) is 13.8 Å². The van der Waals surface area contributed by atoms with Gasteiger partial charge in [0.15, 0.2) is 4.80 Å². The van der Waals surface area contributed by atoms with Crippen molar-refractivity contribution in [3.05, 3.63) is 88.6 Å². The Morgan fingerprint density at radius 1 is 1.00 bits per heavy atom. The van der Waals surface area contributed by atoms with Crippen LogP contribution in [-0.2, 0) is 13.1 Å². The van der Waals surface area contributed by atoms with Gasteiger partial charge in [-0.1, -0.05) is 42.5 Å². The lowest BCUT2D eigenvalue weighted by Crippen LogP contribution is -2.17. The van der Waals surface area contributed by atoms with Gasteiger partial charge in [0, 0.05) is 30.9 Å². The van der Waals surface area contributed by atoms with E-state index in [4.69, 9.17) is 4.99 Å². The molecule has 4 nitrogen and oxygen atoms in total. The summed E-state index contributed by atoms with van der Waals surface area (Å²) >= 11 is 1.71. The standard InChI is InChI=1S/C23H24N4S/c1-18-8-6-11-21(19(18)2)25-23-27(14-7-13-26-15-12-24-17-26)22(16-28-23)20-9-4-3-5-10-20/h3-6,8-12,15-17H,7,13-14H2,1-2H3. The third-order valence-corrected chi connectivity index (χ3v) is 5.88. The second kappa shape index (κ2) is 8.40. The van der Waals surface area contributed by atoms with Crippen molar-refractivity contribution in [3.8, 4) is 11.3 Å². The molecule has 0 radical (unpaired) electrons. The Kier molecular flexibility index (Phi) is 5.53. The molecule has 4 rings (SSSR count). The molecule has 0 aliphatic heterocycles. The molecule has 0 saturated carbocycles. The molecule has 0 bridgehead atoms.